The molecule has 2 bridgehead atoms. The van der Waals surface area contributed by atoms with Crippen LogP contribution in [0.4, 0.5) is 5.00 Å². The molecule has 6 nitrogen and oxygen atoms in total. The third-order valence-electron chi connectivity index (χ3n) is 7.66. The molecular formula is C24H34N2O4S. The van der Waals surface area contributed by atoms with Crippen molar-refractivity contribution in [1.82, 2.24) is 0 Å². The normalized spacial score (nSPS) is 28.9. The van der Waals surface area contributed by atoms with E-state index < -0.39 is 23.7 Å². The van der Waals surface area contributed by atoms with Crippen LogP contribution in [0, 0.1) is 23.7 Å². The second-order valence-corrected chi connectivity index (χ2v) is 10.7. The van der Waals surface area contributed by atoms with Gasteiger partial charge in [0, 0.05) is 4.88 Å². The van der Waals surface area contributed by atoms with Crippen LogP contribution in [0.2, 0.25) is 0 Å². The Balaban J connectivity index is 1.59. The first-order valence-corrected chi connectivity index (χ1v) is 12.8. The van der Waals surface area contributed by atoms with Crippen molar-refractivity contribution in [2.24, 2.45) is 29.4 Å². The summed E-state index contributed by atoms with van der Waals surface area (Å²) in [7, 11) is 0. The number of carbonyl (C=O) groups excluding carboxylic acids is 2. The van der Waals surface area contributed by atoms with Crippen LogP contribution in [-0.4, -0.2) is 22.9 Å². The van der Waals surface area contributed by atoms with E-state index >= 15 is 0 Å². The average molecular weight is 447 g/mol. The number of rotatable bonds is 4. The van der Waals surface area contributed by atoms with Crippen molar-refractivity contribution in [1.29, 1.82) is 0 Å². The van der Waals surface area contributed by atoms with Gasteiger partial charge in [0.25, 0.3) is 5.91 Å². The van der Waals surface area contributed by atoms with E-state index in [0.717, 1.165) is 61.8 Å². The molecule has 0 spiro atoms. The molecule has 0 saturated heterocycles. The van der Waals surface area contributed by atoms with E-state index in [1.54, 1.807) is 0 Å². The standard InChI is InChI=1S/C24H34N2O4S/c25-21(27)20-16-9-7-5-3-1-2-4-6-8-10-17(16)31-23(20)26-22(28)18-14-11-12-15(13-14)19(18)24(29)30/h14-15,18-19H,1-13H2,(H2,25,27)(H,26,28)(H,29,30)/t14-,15-,18+,19+/m0/s1. The molecule has 1 heterocycles. The summed E-state index contributed by atoms with van der Waals surface area (Å²) >= 11 is 1.48. The Bertz CT molecular complexity index is 849. The highest BCUT2D eigenvalue weighted by Crippen LogP contribution is 2.53. The van der Waals surface area contributed by atoms with Crippen molar-refractivity contribution < 1.29 is 19.5 Å². The van der Waals surface area contributed by atoms with Gasteiger partial charge in [-0.05, 0) is 62.3 Å². The lowest BCUT2D eigenvalue weighted by atomic mass is 9.78. The summed E-state index contributed by atoms with van der Waals surface area (Å²) in [6.07, 6.45) is 13.8. The Morgan fingerprint density at radius 2 is 1.45 bits per heavy atom. The molecule has 31 heavy (non-hydrogen) atoms. The number of aryl methyl sites for hydroxylation is 1. The minimum Gasteiger partial charge on any atom is -0.481 e. The third-order valence-corrected chi connectivity index (χ3v) is 8.87. The molecule has 2 fully saturated rings. The molecule has 0 unspecified atom stereocenters. The second-order valence-electron chi connectivity index (χ2n) is 9.61. The van der Waals surface area contributed by atoms with Gasteiger partial charge >= 0.3 is 5.97 Å². The third kappa shape index (κ3) is 4.66. The Morgan fingerprint density at radius 3 is 2.06 bits per heavy atom. The first-order chi connectivity index (χ1) is 15.0. The maximum absolute atomic E-state index is 13.2. The van der Waals surface area contributed by atoms with Crippen molar-refractivity contribution in [3.05, 3.63) is 16.0 Å². The summed E-state index contributed by atoms with van der Waals surface area (Å²) in [5.41, 5.74) is 7.26. The summed E-state index contributed by atoms with van der Waals surface area (Å²) in [5.74, 6) is -2.53. The topological polar surface area (TPSA) is 109 Å². The Kier molecular flexibility index (Phi) is 6.99. The number of hydrogen-bond acceptors (Lipinski definition) is 4. The molecule has 4 rings (SSSR count). The van der Waals surface area contributed by atoms with Crippen LogP contribution in [0.1, 0.15) is 91.4 Å². The summed E-state index contributed by atoms with van der Waals surface area (Å²) in [5, 5.41) is 13.2. The lowest BCUT2D eigenvalue weighted by Gasteiger charge is -2.26. The molecule has 170 valence electrons. The fourth-order valence-corrected chi connectivity index (χ4v) is 7.49. The van der Waals surface area contributed by atoms with E-state index in [-0.39, 0.29) is 17.7 Å². The van der Waals surface area contributed by atoms with Gasteiger partial charge in [0.15, 0.2) is 0 Å². The lowest BCUT2D eigenvalue weighted by Crippen LogP contribution is -2.38. The summed E-state index contributed by atoms with van der Waals surface area (Å²) < 4.78 is 0. The molecule has 0 radical (unpaired) electrons. The molecule has 3 aliphatic rings. The van der Waals surface area contributed by atoms with Crippen molar-refractivity contribution >= 4 is 34.1 Å². The van der Waals surface area contributed by atoms with Crippen molar-refractivity contribution in [3.63, 3.8) is 0 Å². The largest absolute Gasteiger partial charge is 0.481 e. The number of fused-ring (bicyclic) bond motifs is 3. The van der Waals surface area contributed by atoms with Crippen LogP contribution in [0.3, 0.4) is 0 Å². The van der Waals surface area contributed by atoms with E-state index in [2.05, 4.69) is 5.32 Å². The summed E-state index contributed by atoms with van der Waals surface area (Å²) in [6.45, 7) is 0. The number of carbonyl (C=O) groups is 3. The molecule has 4 N–H and O–H groups in total. The van der Waals surface area contributed by atoms with Gasteiger partial charge in [0.1, 0.15) is 5.00 Å². The Morgan fingerprint density at radius 1 is 0.871 bits per heavy atom. The maximum atomic E-state index is 13.2. The fraction of sp³-hybridized carbons (Fsp3) is 0.708. The second kappa shape index (κ2) is 9.72. The van der Waals surface area contributed by atoms with E-state index in [1.165, 1.54) is 43.4 Å². The molecule has 0 aromatic carbocycles. The van der Waals surface area contributed by atoms with E-state index in [9.17, 15) is 19.5 Å². The van der Waals surface area contributed by atoms with Gasteiger partial charge in [-0.25, -0.2) is 0 Å². The fourth-order valence-electron chi connectivity index (χ4n) is 6.19. The Hall–Kier alpha value is -1.89. The molecule has 2 saturated carbocycles. The number of carboxylic acid groups (broad SMARTS) is 1. The summed E-state index contributed by atoms with van der Waals surface area (Å²) in [6, 6.07) is 0. The quantitative estimate of drug-likeness (QED) is 0.620. The lowest BCUT2D eigenvalue weighted by molar-refractivity contribution is -0.148. The SMILES string of the molecule is NC(=O)c1c(NC(=O)[C@@H]2[C@H]3CC[C@@H](C3)[C@H]2C(=O)O)sc2c1CCCCCCCCCC2. The number of aliphatic carboxylic acids is 1. The molecule has 4 atom stereocenters. The first-order valence-electron chi connectivity index (χ1n) is 12.0. The van der Waals surface area contributed by atoms with Crippen molar-refractivity contribution in [2.75, 3.05) is 5.32 Å². The minimum absolute atomic E-state index is 0.0952. The zero-order valence-electron chi connectivity index (χ0n) is 18.2. The van der Waals surface area contributed by atoms with Gasteiger partial charge < -0.3 is 16.2 Å². The molecule has 0 aliphatic heterocycles. The molecule has 7 heteroatoms. The van der Waals surface area contributed by atoms with Crippen LogP contribution in [-0.2, 0) is 22.4 Å². The zero-order valence-corrected chi connectivity index (χ0v) is 19.0. The van der Waals surface area contributed by atoms with Crippen molar-refractivity contribution in [2.45, 2.75) is 83.5 Å². The molecular weight excluding hydrogens is 412 g/mol. The highest BCUT2D eigenvalue weighted by Gasteiger charge is 2.54. The summed E-state index contributed by atoms with van der Waals surface area (Å²) in [4.78, 5) is 38.6. The molecule has 1 aromatic heterocycles. The molecule has 2 amide bonds. The average Bonchev–Trinajstić information content (AvgIpc) is 3.41. The van der Waals surface area contributed by atoms with Gasteiger partial charge in [-0.1, -0.05) is 38.5 Å². The van der Waals surface area contributed by atoms with Crippen LogP contribution in [0.15, 0.2) is 0 Å². The van der Waals surface area contributed by atoms with E-state index in [0.29, 0.717) is 10.6 Å². The molecule has 1 aromatic rings. The first kappa shape index (κ1) is 22.3. The van der Waals surface area contributed by atoms with Gasteiger partial charge in [-0.3, -0.25) is 14.4 Å². The van der Waals surface area contributed by atoms with Gasteiger partial charge in [0.2, 0.25) is 5.91 Å². The number of nitrogens with two attached hydrogens (primary N) is 1. The highest BCUT2D eigenvalue weighted by atomic mass is 32.1. The van der Waals surface area contributed by atoms with Crippen LogP contribution >= 0.6 is 11.3 Å². The number of anilines is 1. The van der Waals surface area contributed by atoms with Gasteiger partial charge in [-0.2, -0.15) is 0 Å². The number of amides is 2. The maximum Gasteiger partial charge on any atom is 0.307 e. The number of primary amides is 1. The van der Waals surface area contributed by atoms with E-state index in [1.807, 2.05) is 0 Å². The number of thiophene rings is 1. The smallest absolute Gasteiger partial charge is 0.307 e. The molecule has 3 aliphatic carbocycles. The van der Waals surface area contributed by atoms with Gasteiger partial charge in [-0.15, -0.1) is 11.3 Å². The van der Waals surface area contributed by atoms with Crippen molar-refractivity contribution in [3.8, 4) is 0 Å². The predicted octanol–water partition coefficient (Wildman–Crippen LogP) is 4.75. The Labute approximate surface area is 188 Å². The monoisotopic (exact) mass is 446 g/mol. The zero-order chi connectivity index (χ0) is 22.0. The number of nitrogens with one attached hydrogen (secondary N) is 1. The van der Waals surface area contributed by atoms with Crippen LogP contribution in [0.5, 0.6) is 0 Å². The minimum atomic E-state index is -0.874. The number of carboxylic acids is 1. The van der Waals surface area contributed by atoms with E-state index in [4.69, 9.17) is 5.73 Å². The number of hydrogen-bond donors (Lipinski definition) is 3. The highest BCUT2D eigenvalue weighted by molar-refractivity contribution is 7.17. The van der Waals surface area contributed by atoms with Crippen LogP contribution < -0.4 is 11.1 Å². The predicted molar refractivity (Wildman–Crippen MR) is 121 cm³/mol. The van der Waals surface area contributed by atoms with Crippen LogP contribution in [0.25, 0.3) is 0 Å². The van der Waals surface area contributed by atoms with Gasteiger partial charge in [0.05, 0.1) is 17.4 Å².